The number of piperidine rings is 1. The van der Waals surface area contributed by atoms with Gasteiger partial charge in [0.15, 0.2) is 5.96 Å². The van der Waals surface area contributed by atoms with E-state index >= 15 is 0 Å². The average Bonchev–Trinajstić information content (AvgIpc) is 3.29. The number of guanidine groups is 1. The van der Waals surface area contributed by atoms with Crippen LogP contribution in [0.1, 0.15) is 38.2 Å². The van der Waals surface area contributed by atoms with E-state index in [0.717, 1.165) is 71.2 Å². The summed E-state index contributed by atoms with van der Waals surface area (Å²) in [5.74, 6) is 1.47. The van der Waals surface area contributed by atoms with Gasteiger partial charge in [0.2, 0.25) is 5.91 Å². The number of hydrogen-bond donors (Lipinski definition) is 1. The number of hydrogen-bond acceptors (Lipinski definition) is 4. The molecular formula is C25H40IN5O2. The number of nitrogens with one attached hydrogen (secondary N) is 1. The van der Waals surface area contributed by atoms with Gasteiger partial charge in [-0.15, -0.1) is 24.0 Å². The molecule has 1 amide bonds. The summed E-state index contributed by atoms with van der Waals surface area (Å²) in [7, 11) is 0. The molecule has 184 valence electrons. The lowest BCUT2D eigenvalue weighted by Gasteiger charge is -2.37. The van der Waals surface area contributed by atoms with E-state index in [2.05, 4.69) is 52.4 Å². The van der Waals surface area contributed by atoms with E-state index < -0.39 is 0 Å². The highest BCUT2D eigenvalue weighted by Crippen LogP contribution is 2.22. The van der Waals surface area contributed by atoms with Crippen LogP contribution in [-0.4, -0.2) is 91.6 Å². The molecule has 33 heavy (non-hydrogen) atoms. The zero-order chi connectivity index (χ0) is 22.2. The third-order valence-corrected chi connectivity index (χ3v) is 6.98. The number of benzene rings is 1. The van der Waals surface area contributed by atoms with Crippen molar-refractivity contribution in [3.8, 4) is 0 Å². The first-order valence-corrected chi connectivity index (χ1v) is 12.4. The Hall–Kier alpha value is -1.39. The minimum absolute atomic E-state index is 0. The number of aliphatic imine (C=N–C) groups is 1. The predicted molar refractivity (Wildman–Crippen MR) is 143 cm³/mol. The molecule has 0 spiro atoms. The van der Waals surface area contributed by atoms with Crippen molar-refractivity contribution in [3.05, 3.63) is 35.9 Å². The molecule has 3 heterocycles. The number of amides is 1. The van der Waals surface area contributed by atoms with Crippen LogP contribution in [0, 0.1) is 5.92 Å². The fraction of sp³-hybridized carbons (Fsp3) is 0.680. The van der Waals surface area contributed by atoms with Crippen LogP contribution in [0.25, 0.3) is 0 Å². The van der Waals surface area contributed by atoms with E-state index in [4.69, 9.17) is 9.73 Å². The molecule has 1 aromatic carbocycles. The Morgan fingerprint density at radius 3 is 2.45 bits per heavy atom. The molecule has 3 aliphatic rings. The molecular weight excluding hydrogens is 529 g/mol. The van der Waals surface area contributed by atoms with Crippen LogP contribution in [0.4, 0.5) is 0 Å². The standard InChI is InChI=1S/C25H39N5O2.HI/c1-2-26-25(27-19-23-9-6-12-30(23)20-21-7-4-3-5-8-21)29-13-10-22(11-14-29)24(31)28-15-17-32-18-16-28;/h3-5,7-8,22-23H,2,6,9-20H2,1H3,(H,26,27);1H. The topological polar surface area (TPSA) is 60.4 Å². The van der Waals surface area contributed by atoms with Crippen LogP contribution in [-0.2, 0) is 16.1 Å². The minimum Gasteiger partial charge on any atom is -0.378 e. The number of nitrogens with zero attached hydrogens (tertiary/aromatic N) is 4. The fourth-order valence-corrected chi connectivity index (χ4v) is 5.13. The van der Waals surface area contributed by atoms with Crippen molar-refractivity contribution in [2.24, 2.45) is 10.9 Å². The summed E-state index contributed by atoms with van der Waals surface area (Å²) in [5, 5.41) is 3.49. The zero-order valence-electron chi connectivity index (χ0n) is 20.0. The van der Waals surface area contributed by atoms with Crippen LogP contribution in [0.15, 0.2) is 35.3 Å². The summed E-state index contributed by atoms with van der Waals surface area (Å²) in [6.07, 6.45) is 4.28. The second-order valence-corrected chi connectivity index (χ2v) is 9.15. The van der Waals surface area contributed by atoms with Crippen molar-refractivity contribution >= 4 is 35.8 Å². The van der Waals surface area contributed by atoms with Crippen molar-refractivity contribution in [1.29, 1.82) is 0 Å². The molecule has 3 aliphatic heterocycles. The van der Waals surface area contributed by atoms with Gasteiger partial charge in [0, 0.05) is 51.2 Å². The van der Waals surface area contributed by atoms with Gasteiger partial charge in [0.1, 0.15) is 0 Å². The Morgan fingerprint density at radius 1 is 1.03 bits per heavy atom. The molecule has 3 saturated heterocycles. The number of morpholine rings is 1. The van der Waals surface area contributed by atoms with Gasteiger partial charge in [-0.05, 0) is 44.7 Å². The third kappa shape index (κ3) is 7.29. The summed E-state index contributed by atoms with van der Waals surface area (Å²) >= 11 is 0. The van der Waals surface area contributed by atoms with Gasteiger partial charge in [-0.1, -0.05) is 30.3 Å². The molecule has 1 aromatic rings. The van der Waals surface area contributed by atoms with E-state index in [1.54, 1.807) is 0 Å². The summed E-state index contributed by atoms with van der Waals surface area (Å²) in [6.45, 7) is 10.6. The van der Waals surface area contributed by atoms with Gasteiger partial charge >= 0.3 is 0 Å². The van der Waals surface area contributed by atoms with Crippen molar-refractivity contribution < 1.29 is 9.53 Å². The first-order chi connectivity index (χ1) is 15.7. The van der Waals surface area contributed by atoms with Gasteiger partial charge in [-0.25, -0.2) is 0 Å². The van der Waals surface area contributed by atoms with Crippen LogP contribution in [0.5, 0.6) is 0 Å². The van der Waals surface area contributed by atoms with Crippen LogP contribution in [0.3, 0.4) is 0 Å². The number of ether oxygens (including phenoxy) is 1. The molecule has 1 unspecified atom stereocenters. The third-order valence-electron chi connectivity index (χ3n) is 6.98. The number of carbonyl (C=O) groups is 1. The van der Waals surface area contributed by atoms with Gasteiger partial charge in [0.25, 0.3) is 0 Å². The van der Waals surface area contributed by atoms with Gasteiger partial charge in [-0.3, -0.25) is 14.7 Å². The first-order valence-electron chi connectivity index (χ1n) is 12.4. The molecule has 0 aromatic heterocycles. The molecule has 4 rings (SSSR count). The Labute approximate surface area is 215 Å². The molecule has 0 saturated carbocycles. The summed E-state index contributed by atoms with van der Waals surface area (Å²) in [6, 6.07) is 11.3. The van der Waals surface area contributed by atoms with Crippen molar-refractivity contribution in [3.63, 3.8) is 0 Å². The lowest BCUT2D eigenvalue weighted by Crippen LogP contribution is -2.50. The van der Waals surface area contributed by atoms with Crippen molar-refractivity contribution in [1.82, 2.24) is 20.0 Å². The van der Waals surface area contributed by atoms with E-state index in [1.807, 2.05) is 4.90 Å². The van der Waals surface area contributed by atoms with E-state index in [1.165, 1.54) is 18.4 Å². The number of carbonyl (C=O) groups excluding carboxylic acids is 1. The monoisotopic (exact) mass is 569 g/mol. The second-order valence-electron chi connectivity index (χ2n) is 9.15. The van der Waals surface area contributed by atoms with Gasteiger partial charge in [0.05, 0.1) is 19.8 Å². The maximum absolute atomic E-state index is 12.8. The number of halogens is 1. The normalized spacial score (nSPS) is 22.8. The highest BCUT2D eigenvalue weighted by Gasteiger charge is 2.31. The second kappa shape index (κ2) is 13.5. The highest BCUT2D eigenvalue weighted by atomic mass is 127. The molecule has 1 atom stereocenters. The maximum atomic E-state index is 12.8. The average molecular weight is 570 g/mol. The first kappa shape index (κ1) is 26.2. The number of likely N-dealkylation sites (tertiary alicyclic amines) is 2. The Morgan fingerprint density at radius 2 is 1.76 bits per heavy atom. The smallest absolute Gasteiger partial charge is 0.225 e. The lowest BCUT2D eigenvalue weighted by atomic mass is 9.95. The molecule has 0 aliphatic carbocycles. The Balaban J connectivity index is 0.00000306. The van der Waals surface area contributed by atoms with Crippen molar-refractivity contribution in [2.75, 3.05) is 59.0 Å². The summed E-state index contributed by atoms with van der Waals surface area (Å²) in [5.41, 5.74) is 1.38. The quantitative estimate of drug-likeness (QED) is 0.325. The summed E-state index contributed by atoms with van der Waals surface area (Å²) < 4.78 is 5.39. The molecule has 7 nitrogen and oxygen atoms in total. The Bertz CT molecular complexity index is 748. The zero-order valence-corrected chi connectivity index (χ0v) is 22.3. The molecule has 3 fully saturated rings. The van der Waals surface area contributed by atoms with E-state index in [-0.39, 0.29) is 29.9 Å². The highest BCUT2D eigenvalue weighted by molar-refractivity contribution is 14.0. The van der Waals surface area contributed by atoms with Crippen LogP contribution >= 0.6 is 24.0 Å². The fourth-order valence-electron chi connectivity index (χ4n) is 5.13. The van der Waals surface area contributed by atoms with Crippen molar-refractivity contribution in [2.45, 2.75) is 45.2 Å². The van der Waals surface area contributed by atoms with Crippen LogP contribution < -0.4 is 5.32 Å². The molecule has 8 heteroatoms. The summed E-state index contributed by atoms with van der Waals surface area (Å²) in [4.78, 5) is 24.8. The molecule has 0 radical (unpaired) electrons. The van der Waals surface area contributed by atoms with E-state index in [0.29, 0.717) is 25.2 Å². The lowest BCUT2D eigenvalue weighted by molar-refractivity contribution is -0.140. The minimum atomic E-state index is 0. The SMILES string of the molecule is CCNC(=NCC1CCCN1Cc1ccccc1)N1CCC(C(=O)N2CCOCC2)CC1.I. The maximum Gasteiger partial charge on any atom is 0.225 e. The molecule has 1 N–H and O–H groups in total. The predicted octanol–water partition coefficient (Wildman–Crippen LogP) is 2.81. The number of rotatable bonds is 6. The van der Waals surface area contributed by atoms with Gasteiger partial charge in [-0.2, -0.15) is 0 Å². The largest absolute Gasteiger partial charge is 0.378 e. The van der Waals surface area contributed by atoms with Gasteiger partial charge < -0.3 is 19.9 Å². The van der Waals surface area contributed by atoms with E-state index in [9.17, 15) is 4.79 Å². The molecule has 0 bridgehead atoms. The van der Waals surface area contributed by atoms with Crippen LogP contribution in [0.2, 0.25) is 0 Å². The Kier molecular flexibility index (Phi) is 10.7.